The van der Waals surface area contributed by atoms with Gasteiger partial charge in [0.1, 0.15) is 0 Å². The van der Waals surface area contributed by atoms with E-state index in [9.17, 15) is 31.4 Å². The lowest BCUT2D eigenvalue weighted by atomic mass is 9.95. The zero-order valence-corrected chi connectivity index (χ0v) is 20.0. The summed E-state index contributed by atoms with van der Waals surface area (Å²) in [5.74, 6) is 0.0269. The summed E-state index contributed by atoms with van der Waals surface area (Å²) in [5, 5.41) is 24.8. The van der Waals surface area contributed by atoms with Crippen LogP contribution >= 0.6 is 0 Å². The van der Waals surface area contributed by atoms with Gasteiger partial charge in [-0.05, 0) is 70.6 Å². The van der Waals surface area contributed by atoms with Crippen molar-refractivity contribution >= 4 is 11.6 Å². The Balaban J connectivity index is 1.61. The molecule has 2 aliphatic rings. The zero-order chi connectivity index (χ0) is 27.1. The summed E-state index contributed by atoms with van der Waals surface area (Å²) < 4.78 is 86.9. The van der Waals surface area contributed by atoms with Gasteiger partial charge in [0.25, 0.3) is 5.95 Å². The Hall–Kier alpha value is -3.39. The maximum atomic E-state index is 13.6. The summed E-state index contributed by atoms with van der Waals surface area (Å²) in [5.41, 5.74) is 0.622. The summed E-state index contributed by atoms with van der Waals surface area (Å²) in [6.45, 7) is 0.902. The Morgan fingerprint density at radius 2 is 1.68 bits per heavy atom. The van der Waals surface area contributed by atoms with Gasteiger partial charge in [-0.25, -0.2) is 0 Å². The fraction of sp³-hybridized carbons (Fsp3) is 0.458. The summed E-state index contributed by atoms with van der Waals surface area (Å²) in [6, 6.07) is 4.98. The third-order valence-corrected chi connectivity index (χ3v) is 6.59. The third kappa shape index (κ3) is 5.41. The molecular formula is C24H24F6N6O2. The SMILES string of the molecule is OCCn1nnc(N(Cc2cc(C(F)(F)F)cc(C(F)(F)F)c2)[C@H]2CCCNc3cc4c(cc32)COC4)n1. The lowest BCUT2D eigenvalue weighted by molar-refractivity contribution is -0.143. The van der Waals surface area contributed by atoms with Crippen LogP contribution in [0.3, 0.4) is 0 Å². The molecule has 3 aromatic rings. The van der Waals surface area contributed by atoms with Gasteiger partial charge in [-0.3, -0.25) is 0 Å². The summed E-state index contributed by atoms with van der Waals surface area (Å²) in [7, 11) is 0. The summed E-state index contributed by atoms with van der Waals surface area (Å²) in [4.78, 5) is 2.70. The molecule has 8 nitrogen and oxygen atoms in total. The Morgan fingerprint density at radius 3 is 2.34 bits per heavy atom. The molecule has 0 unspecified atom stereocenters. The Morgan fingerprint density at radius 1 is 1.00 bits per heavy atom. The van der Waals surface area contributed by atoms with Gasteiger partial charge in [0.05, 0.1) is 43.5 Å². The number of fused-ring (bicyclic) bond motifs is 2. The molecule has 0 spiro atoms. The van der Waals surface area contributed by atoms with Crippen LogP contribution in [0.5, 0.6) is 0 Å². The van der Waals surface area contributed by atoms with Crippen LogP contribution in [0, 0.1) is 0 Å². The van der Waals surface area contributed by atoms with E-state index in [4.69, 9.17) is 4.74 Å². The van der Waals surface area contributed by atoms with Gasteiger partial charge in [-0.2, -0.15) is 31.1 Å². The molecule has 2 aliphatic heterocycles. The van der Waals surface area contributed by atoms with Crippen LogP contribution in [0.4, 0.5) is 38.0 Å². The third-order valence-electron chi connectivity index (χ3n) is 6.59. The van der Waals surface area contributed by atoms with E-state index >= 15 is 0 Å². The first-order valence-electron chi connectivity index (χ1n) is 11.9. The minimum Gasteiger partial charge on any atom is -0.394 e. The van der Waals surface area contributed by atoms with Crippen LogP contribution in [0.25, 0.3) is 0 Å². The van der Waals surface area contributed by atoms with E-state index in [-0.39, 0.29) is 37.3 Å². The van der Waals surface area contributed by atoms with Gasteiger partial charge in [0.15, 0.2) is 0 Å². The number of rotatable bonds is 6. The lowest BCUT2D eigenvalue weighted by Crippen LogP contribution is -2.30. The molecule has 2 aromatic carbocycles. The van der Waals surface area contributed by atoms with Gasteiger partial charge in [0.2, 0.25) is 0 Å². The van der Waals surface area contributed by atoms with Crippen molar-refractivity contribution in [3.05, 3.63) is 63.7 Å². The number of aliphatic hydroxyl groups is 1. The molecule has 5 rings (SSSR count). The summed E-state index contributed by atoms with van der Waals surface area (Å²) >= 11 is 0. The van der Waals surface area contributed by atoms with Crippen molar-refractivity contribution in [2.24, 2.45) is 0 Å². The van der Waals surface area contributed by atoms with Crippen molar-refractivity contribution in [2.75, 3.05) is 23.4 Å². The number of aromatic nitrogens is 4. The van der Waals surface area contributed by atoms with Crippen molar-refractivity contribution in [3.8, 4) is 0 Å². The molecule has 14 heteroatoms. The van der Waals surface area contributed by atoms with Crippen molar-refractivity contribution in [3.63, 3.8) is 0 Å². The monoisotopic (exact) mass is 542 g/mol. The average Bonchev–Trinajstić information content (AvgIpc) is 3.46. The smallest absolute Gasteiger partial charge is 0.394 e. The van der Waals surface area contributed by atoms with E-state index in [0.29, 0.717) is 44.7 Å². The van der Waals surface area contributed by atoms with Crippen molar-refractivity contribution in [1.82, 2.24) is 20.2 Å². The van der Waals surface area contributed by atoms with Crippen LogP contribution in [0.1, 0.15) is 52.3 Å². The Bertz CT molecular complexity index is 1280. The normalized spacial score (nSPS) is 17.5. The van der Waals surface area contributed by atoms with Gasteiger partial charge in [-0.15, -0.1) is 5.10 Å². The standard InChI is InChI=1S/C24H24F6N6O2/c25-23(26,27)17-6-14(7-18(10-17)24(28,29)30)11-35(22-32-34-36(33-22)4-5-37)21-2-1-3-31-20-9-16-13-38-12-15(16)8-19(20)21/h6-10,21,31,37H,1-5,11-13H2/t21-/m0/s1. The maximum absolute atomic E-state index is 13.6. The minimum absolute atomic E-state index is 0.0241. The number of benzene rings is 2. The highest BCUT2D eigenvalue weighted by atomic mass is 19.4. The predicted molar refractivity (Wildman–Crippen MR) is 123 cm³/mol. The van der Waals surface area contributed by atoms with Gasteiger partial charge in [0, 0.05) is 18.8 Å². The second-order valence-electron chi connectivity index (χ2n) is 9.24. The van der Waals surface area contributed by atoms with Gasteiger partial charge >= 0.3 is 12.4 Å². The number of aliphatic hydroxyl groups excluding tert-OH is 1. The molecule has 0 radical (unpaired) electrons. The first-order chi connectivity index (χ1) is 18.0. The highest BCUT2D eigenvalue weighted by Gasteiger charge is 2.38. The maximum Gasteiger partial charge on any atom is 0.416 e. The van der Waals surface area contributed by atoms with Crippen molar-refractivity contribution in [1.29, 1.82) is 0 Å². The highest BCUT2D eigenvalue weighted by Crippen LogP contribution is 2.41. The zero-order valence-electron chi connectivity index (χ0n) is 20.0. The van der Waals surface area contributed by atoms with Crippen LogP contribution in [0.15, 0.2) is 30.3 Å². The highest BCUT2D eigenvalue weighted by molar-refractivity contribution is 5.60. The summed E-state index contributed by atoms with van der Waals surface area (Å²) in [6.07, 6.45) is -8.73. The van der Waals surface area contributed by atoms with Crippen LogP contribution in [-0.2, 0) is 43.4 Å². The van der Waals surface area contributed by atoms with Crippen LogP contribution in [0.2, 0.25) is 0 Å². The van der Waals surface area contributed by atoms with Gasteiger partial charge in [-0.1, -0.05) is 5.10 Å². The first-order valence-corrected chi connectivity index (χ1v) is 11.9. The second kappa shape index (κ2) is 10.1. The fourth-order valence-electron chi connectivity index (χ4n) is 4.84. The number of tetrazole rings is 1. The fourth-order valence-corrected chi connectivity index (χ4v) is 4.84. The molecule has 3 heterocycles. The van der Waals surface area contributed by atoms with Crippen molar-refractivity contribution in [2.45, 2.75) is 57.5 Å². The minimum atomic E-state index is -4.97. The average molecular weight is 542 g/mol. The Labute approximate surface area is 213 Å². The van der Waals surface area contributed by atoms with E-state index < -0.39 is 29.5 Å². The van der Waals surface area contributed by atoms with Gasteiger partial charge < -0.3 is 20.1 Å². The predicted octanol–water partition coefficient (Wildman–Crippen LogP) is 4.69. The first kappa shape index (κ1) is 26.2. The molecule has 1 aromatic heterocycles. The molecule has 0 fully saturated rings. The van der Waals surface area contributed by atoms with Crippen molar-refractivity contribution < 1.29 is 36.2 Å². The molecule has 0 saturated heterocycles. The molecule has 38 heavy (non-hydrogen) atoms. The number of ether oxygens (including phenoxy) is 1. The Kier molecular flexibility index (Phi) is 6.94. The number of anilines is 2. The topological polar surface area (TPSA) is 88.3 Å². The van der Waals surface area contributed by atoms with E-state index in [1.165, 1.54) is 0 Å². The number of nitrogens with one attached hydrogen (secondary N) is 1. The quantitative estimate of drug-likeness (QED) is 0.437. The van der Waals surface area contributed by atoms with E-state index in [1.807, 2.05) is 12.1 Å². The van der Waals surface area contributed by atoms with Crippen LogP contribution < -0.4 is 10.2 Å². The van der Waals surface area contributed by atoms with E-state index in [0.717, 1.165) is 27.2 Å². The number of nitrogens with zero attached hydrogens (tertiary/aromatic N) is 5. The number of hydrogen-bond acceptors (Lipinski definition) is 7. The van der Waals surface area contributed by atoms with Crippen LogP contribution in [-0.4, -0.2) is 38.5 Å². The molecule has 204 valence electrons. The second-order valence-corrected chi connectivity index (χ2v) is 9.24. The van der Waals surface area contributed by atoms with E-state index in [2.05, 4.69) is 20.7 Å². The number of hydrogen-bond donors (Lipinski definition) is 2. The lowest BCUT2D eigenvalue weighted by Gasteiger charge is -2.32. The molecule has 0 bridgehead atoms. The largest absolute Gasteiger partial charge is 0.416 e. The molecule has 0 amide bonds. The molecule has 0 saturated carbocycles. The molecule has 2 N–H and O–H groups in total. The number of halogens is 6. The molecular weight excluding hydrogens is 518 g/mol. The molecule has 1 atom stereocenters. The van der Waals surface area contributed by atoms with E-state index in [1.54, 1.807) is 4.90 Å². The molecule has 0 aliphatic carbocycles. The number of alkyl halides is 6.